The molecule has 0 rings (SSSR count). The van der Waals surface area contributed by atoms with Crippen molar-refractivity contribution in [3.8, 4) is 0 Å². The molecule has 1 radical (unpaired) electrons. The average Bonchev–Trinajstić information content (AvgIpc) is 2.50. The SMILES string of the molecule is [CH2]COCCCCCCCCCCCCCCCCCC. The predicted molar refractivity (Wildman–Crippen MR) is 95.7 cm³/mol. The van der Waals surface area contributed by atoms with Crippen LogP contribution in [0.3, 0.4) is 0 Å². The fourth-order valence-corrected chi connectivity index (χ4v) is 2.85. The van der Waals surface area contributed by atoms with Gasteiger partial charge in [0.1, 0.15) is 0 Å². The molecule has 0 spiro atoms. The average molecular weight is 298 g/mol. The van der Waals surface area contributed by atoms with Gasteiger partial charge in [-0.25, -0.2) is 0 Å². The van der Waals surface area contributed by atoms with Crippen LogP contribution in [0, 0.1) is 6.92 Å². The summed E-state index contributed by atoms with van der Waals surface area (Å²) in [5.74, 6) is 0. The summed E-state index contributed by atoms with van der Waals surface area (Å²) in [7, 11) is 0. The molecule has 1 heteroatoms. The fourth-order valence-electron chi connectivity index (χ4n) is 2.85. The first-order valence-corrected chi connectivity index (χ1v) is 9.78. The van der Waals surface area contributed by atoms with Gasteiger partial charge in [0.2, 0.25) is 0 Å². The molecule has 0 amide bonds. The fraction of sp³-hybridized carbons (Fsp3) is 0.950. The zero-order chi connectivity index (χ0) is 15.4. The molecule has 0 unspecified atom stereocenters. The minimum atomic E-state index is 0.624. The van der Waals surface area contributed by atoms with E-state index >= 15 is 0 Å². The van der Waals surface area contributed by atoms with Crippen molar-refractivity contribution >= 4 is 0 Å². The molecular weight excluding hydrogens is 256 g/mol. The summed E-state index contributed by atoms with van der Waals surface area (Å²) in [6.45, 7) is 7.49. The van der Waals surface area contributed by atoms with Crippen molar-refractivity contribution < 1.29 is 4.74 Å². The van der Waals surface area contributed by atoms with E-state index < -0.39 is 0 Å². The minimum Gasteiger partial charge on any atom is -0.381 e. The van der Waals surface area contributed by atoms with Crippen molar-refractivity contribution in [1.29, 1.82) is 0 Å². The van der Waals surface area contributed by atoms with E-state index in [4.69, 9.17) is 4.74 Å². The van der Waals surface area contributed by atoms with Crippen LogP contribution in [0.2, 0.25) is 0 Å². The monoisotopic (exact) mass is 297 g/mol. The molecule has 0 aromatic heterocycles. The van der Waals surface area contributed by atoms with E-state index in [2.05, 4.69) is 13.8 Å². The van der Waals surface area contributed by atoms with Crippen LogP contribution in [0.1, 0.15) is 110 Å². The molecule has 0 aliphatic carbocycles. The van der Waals surface area contributed by atoms with Gasteiger partial charge in [-0.15, -0.1) is 0 Å². The van der Waals surface area contributed by atoms with Gasteiger partial charge in [0.05, 0.1) is 0 Å². The first kappa shape index (κ1) is 21.0. The van der Waals surface area contributed by atoms with Crippen LogP contribution in [-0.4, -0.2) is 13.2 Å². The first-order chi connectivity index (χ1) is 10.4. The lowest BCUT2D eigenvalue weighted by Gasteiger charge is -2.03. The van der Waals surface area contributed by atoms with E-state index in [-0.39, 0.29) is 0 Å². The molecule has 0 saturated heterocycles. The van der Waals surface area contributed by atoms with Crippen molar-refractivity contribution in [2.45, 2.75) is 110 Å². The van der Waals surface area contributed by atoms with Gasteiger partial charge in [-0.05, 0) is 13.3 Å². The number of unbranched alkanes of at least 4 members (excludes halogenated alkanes) is 15. The molecule has 0 aromatic rings. The van der Waals surface area contributed by atoms with Crippen LogP contribution in [0.25, 0.3) is 0 Å². The Balaban J connectivity index is 2.90. The number of ether oxygens (including phenoxy) is 1. The molecule has 0 fully saturated rings. The van der Waals surface area contributed by atoms with E-state index in [1.165, 1.54) is 103 Å². The third-order valence-electron chi connectivity index (χ3n) is 4.29. The Morgan fingerprint density at radius 1 is 0.524 bits per heavy atom. The molecule has 0 saturated carbocycles. The highest BCUT2D eigenvalue weighted by Crippen LogP contribution is 2.13. The first-order valence-electron chi connectivity index (χ1n) is 9.78. The van der Waals surface area contributed by atoms with Crippen molar-refractivity contribution in [3.05, 3.63) is 6.92 Å². The van der Waals surface area contributed by atoms with Crippen LogP contribution in [0.15, 0.2) is 0 Å². The van der Waals surface area contributed by atoms with Crippen molar-refractivity contribution in [2.75, 3.05) is 13.2 Å². The van der Waals surface area contributed by atoms with Gasteiger partial charge in [-0.1, -0.05) is 103 Å². The summed E-state index contributed by atoms with van der Waals surface area (Å²) in [5, 5.41) is 0. The van der Waals surface area contributed by atoms with Gasteiger partial charge in [0, 0.05) is 13.2 Å². The maximum Gasteiger partial charge on any atom is 0.0466 e. The largest absolute Gasteiger partial charge is 0.381 e. The quantitative estimate of drug-likeness (QED) is 0.245. The Hall–Kier alpha value is -0.0400. The highest BCUT2D eigenvalue weighted by atomic mass is 16.5. The van der Waals surface area contributed by atoms with Crippen molar-refractivity contribution in [1.82, 2.24) is 0 Å². The van der Waals surface area contributed by atoms with Crippen LogP contribution >= 0.6 is 0 Å². The zero-order valence-corrected chi connectivity index (χ0v) is 14.8. The molecule has 0 heterocycles. The normalized spacial score (nSPS) is 11.1. The summed E-state index contributed by atoms with van der Waals surface area (Å²) >= 11 is 0. The topological polar surface area (TPSA) is 9.23 Å². The van der Waals surface area contributed by atoms with Gasteiger partial charge in [0.15, 0.2) is 0 Å². The number of hydrogen-bond donors (Lipinski definition) is 0. The smallest absolute Gasteiger partial charge is 0.0466 e. The summed E-state index contributed by atoms with van der Waals surface area (Å²) < 4.78 is 5.24. The Labute approximate surface area is 135 Å². The van der Waals surface area contributed by atoms with Gasteiger partial charge in [-0.2, -0.15) is 0 Å². The third-order valence-corrected chi connectivity index (χ3v) is 4.29. The van der Waals surface area contributed by atoms with Gasteiger partial charge >= 0.3 is 0 Å². The molecule has 0 aliphatic rings. The van der Waals surface area contributed by atoms with Crippen LogP contribution in [0.4, 0.5) is 0 Å². The van der Waals surface area contributed by atoms with Gasteiger partial charge in [-0.3, -0.25) is 0 Å². The molecule has 0 N–H and O–H groups in total. The van der Waals surface area contributed by atoms with E-state index in [1.807, 2.05) is 0 Å². The molecule has 0 aliphatic heterocycles. The standard InChI is InChI=1S/C20H41O/c1-3-5-6-7-8-9-10-11-12-13-14-15-16-17-18-19-20-21-4-2/h2-20H2,1H3. The highest BCUT2D eigenvalue weighted by molar-refractivity contribution is 4.50. The van der Waals surface area contributed by atoms with Crippen LogP contribution < -0.4 is 0 Å². The maximum atomic E-state index is 5.24. The number of hydrogen-bond acceptors (Lipinski definition) is 1. The van der Waals surface area contributed by atoms with E-state index in [9.17, 15) is 0 Å². The van der Waals surface area contributed by atoms with E-state index in [0.717, 1.165) is 6.61 Å². The second-order valence-electron chi connectivity index (χ2n) is 6.42. The molecule has 0 aromatic carbocycles. The molecule has 0 bridgehead atoms. The molecule has 1 nitrogen and oxygen atoms in total. The lowest BCUT2D eigenvalue weighted by atomic mass is 10.0. The van der Waals surface area contributed by atoms with Crippen molar-refractivity contribution in [2.24, 2.45) is 0 Å². The Bertz CT molecular complexity index is 149. The zero-order valence-electron chi connectivity index (χ0n) is 14.8. The number of rotatable bonds is 18. The Kier molecular flexibility index (Phi) is 19.9. The van der Waals surface area contributed by atoms with Crippen LogP contribution in [-0.2, 0) is 4.74 Å². The molecular formula is C20H41O. The summed E-state index contributed by atoms with van der Waals surface area (Å²) in [5.41, 5.74) is 0. The molecule has 0 atom stereocenters. The second-order valence-corrected chi connectivity index (χ2v) is 6.42. The summed E-state index contributed by atoms with van der Waals surface area (Å²) in [4.78, 5) is 0. The Morgan fingerprint density at radius 3 is 1.19 bits per heavy atom. The minimum absolute atomic E-state index is 0.624. The molecule has 127 valence electrons. The van der Waals surface area contributed by atoms with Gasteiger partial charge in [0.25, 0.3) is 0 Å². The molecule has 21 heavy (non-hydrogen) atoms. The van der Waals surface area contributed by atoms with E-state index in [1.54, 1.807) is 0 Å². The lowest BCUT2D eigenvalue weighted by Crippen LogP contribution is -1.93. The van der Waals surface area contributed by atoms with Gasteiger partial charge < -0.3 is 4.74 Å². The van der Waals surface area contributed by atoms with Crippen molar-refractivity contribution in [3.63, 3.8) is 0 Å². The van der Waals surface area contributed by atoms with E-state index in [0.29, 0.717) is 6.61 Å². The maximum absolute atomic E-state index is 5.24. The summed E-state index contributed by atoms with van der Waals surface area (Å²) in [6, 6.07) is 0. The second kappa shape index (κ2) is 20.0. The summed E-state index contributed by atoms with van der Waals surface area (Å²) in [6.07, 6.45) is 22.8. The predicted octanol–water partition coefficient (Wildman–Crippen LogP) is 7.10. The van der Waals surface area contributed by atoms with Crippen LogP contribution in [0.5, 0.6) is 0 Å². The Morgan fingerprint density at radius 2 is 0.857 bits per heavy atom. The highest BCUT2D eigenvalue weighted by Gasteiger charge is 1.94. The third kappa shape index (κ3) is 20.0. The lowest BCUT2D eigenvalue weighted by molar-refractivity contribution is 0.156.